The van der Waals surface area contributed by atoms with E-state index in [0.717, 1.165) is 30.5 Å². The molecule has 2 unspecified atom stereocenters. The van der Waals surface area contributed by atoms with Gasteiger partial charge in [-0.3, -0.25) is 9.69 Å². The van der Waals surface area contributed by atoms with Crippen LogP contribution in [0.15, 0.2) is 30.3 Å². The SMILES string of the molecule is O=C(Cc1ccccc1)CN1CC2CCCC2C1. The molecule has 0 radical (unpaired) electrons. The van der Waals surface area contributed by atoms with Gasteiger partial charge in [0.25, 0.3) is 0 Å². The van der Waals surface area contributed by atoms with E-state index in [2.05, 4.69) is 4.90 Å². The molecule has 18 heavy (non-hydrogen) atoms. The maximum Gasteiger partial charge on any atom is 0.151 e. The largest absolute Gasteiger partial charge is 0.298 e. The molecule has 1 aromatic carbocycles. The summed E-state index contributed by atoms with van der Waals surface area (Å²) in [6.07, 6.45) is 4.76. The Bertz CT molecular complexity index is 402. The van der Waals surface area contributed by atoms with E-state index in [-0.39, 0.29) is 0 Å². The van der Waals surface area contributed by atoms with Gasteiger partial charge in [0.15, 0.2) is 5.78 Å². The third-order valence-electron chi connectivity index (χ3n) is 4.45. The molecule has 96 valence electrons. The molecule has 0 aromatic heterocycles. The second-order valence-corrected chi connectivity index (χ2v) is 5.85. The van der Waals surface area contributed by atoms with Gasteiger partial charge in [-0.25, -0.2) is 0 Å². The summed E-state index contributed by atoms with van der Waals surface area (Å²) in [6.45, 7) is 2.97. The van der Waals surface area contributed by atoms with Crippen molar-refractivity contribution in [3.63, 3.8) is 0 Å². The van der Waals surface area contributed by atoms with Crippen LogP contribution >= 0.6 is 0 Å². The van der Waals surface area contributed by atoms with Crippen LogP contribution in [0.25, 0.3) is 0 Å². The Morgan fingerprint density at radius 1 is 1.11 bits per heavy atom. The third-order valence-corrected chi connectivity index (χ3v) is 4.45. The van der Waals surface area contributed by atoms with E-state index in [0.29, 0.717) is 18.7 Å². The molecule has 1 aliphatic heterocycles. The van der Waals surface area contributed by atoms with Gasteiger partial charge in [-0.05, 0) is 30.2 Å². The Hall–Kier alpha value is -1.15. The van der Waals surface area contributed by atoms with Crippen molar-refractivity contribution >= 4 is 5.78 Å². The molecule has 2 aliphatic rings. The van der Waals surface area contributed by atoms with Crippen molar-refractivity contribution in [3.05, 3.63) is 35.9 Å². The second-order valence-electron chi connectivity index (χ2n) is 5.85. The molecule has 3 rings (SSSR count). The molecule has 1 saturated heterocycles. The lowest BCUT2D eigenvalue weighted by Gasteiger charge is -2.15. The van der Waals surface area contributed by atoms with Crippen LogP contribution in [0.2, 0.25) is 0 Å². The molecule has 0 amide bonds. The minimum atomic E-state index is 0.362. The zero-order valence-electron chi connectivity index (χ0n) is 10.8. The van der Waals surface area contributed by atoms with Gasteiger partial charge in [0.1, 0.15) is 0 Å². The number of carbonyl (C=O) groups excluding carboxylic acids is 1. The van der Waals surface area contributed by atoms with Crippen LogP contribution in [0.1, 0.15) is 24.8 Å². The fourth-order valence-electron chi connectivity index (χ4n) is 3.59. The van der Waals surface area contributed by atoms with Crippen molar-refractivity contribution in [1.29, 1.82) is 0 Å². The van der Waals surface area contributed by atoms with Gasteiger partial charge in [-0.2, -0.15) is 0 Å². The molecule has 2 heteroatoms. The van der Waals surface area contributed by atoms with Gasteiger partial charge in [0.05, 0.1) is 6.54 Å². The van der Waals surface area contributed by atoms with Crippen molar-refractivity contribution in [2.45, 2.75) is 25.7 Å². The van der Waals surface area contributed by atoms with E-state index in [1.54, 1.807) is 0 Å². The quantitative estimate of drug-likeness (QED) is 0.810. The van der Waals surface area contributed by atoms with Gasteiger partial charge in [-0.1, -0.05) is 36.8 Å². The van der Waals surface area contributed by atoms with Gasteiger partial charge in [0.2, 0.25) is 0 Å². The molecule has 2 fully saturated rings. The molecule has 2 atom stereocenters. The monoisotopic (exact) mass is 243 g/mol. The first-order valence-corrected chi connectivity index (χ1v) is 7.09. The Morgan fingerprint density at radius 2 is 1.78 bits per heavy atom. The van der Waals surface area contributed by atoms with Crippen LogP contribution in [0, 0.1) is 11.8 Å². The number of hydrogen-bond donors (Lipinski definition) is 0. The fraction of sp³-hybridized carbons (Fsp3) is 0.562. The van der Waals surface area contributed by atoms with Crippen LogP contribution in [-0.2, 0) is 11.2 Å². The van der Waals surface area contributed by atoms with Crippen molar-refractivity contribution in [1.82, 2.24) is 4.90 Å². The highest BCUT2D eigenvalue weighted by Crippen LogP contribution is 2.37. The van der Waals surface area contributed by atoms with Crippen LogP contribution in [0.3, 0.4) is 0 Å². The summed E-state index contributed by atoms with van der Waals surface area (Å²) in [6, 6.07) is 10.1. The minimum Gasteiger partial charge on any atom is -0.298 e. The summed E-state index contributed by atoms with van der Waals surface area (Å²) in [4.78, 5) is 14.4. The first-order chi connectivity index (χ1) is 8.81. The number of likely N-dealkylation sites (tertiary alicyclic amines) is 1. The van der Waals surface area contributed by atoms with Crippen molar-refractivity contribution < 1.29 is 4.79 Å². The predicted molar refractivity (Wildman–Crippen MR) is 72.4 cm³/mol. The second kappa shape index (κ2) is 5.23. The van der Waals surface area contributed by atoms with Crippen molar-refractivity contribution in [3.8, 4) is 0 Å². The number of benzene rings is 1. The van der Waals surface area contributed by atoms with Crippen LogP contribution in [-0.4, -0.2) is 30.3 Å². The number of fused-ring (bicyclic) bond motifs is 1. The van der Waals surface area contributed by atoms with E-state index in [4.69, 9.17) is 0 Å². The summed E-state index contributed by atoms with van der Waals surface area (Å²) in [5.74, 6) is 2.13. The molecule has 1 heterocycles. The molecule has 1 aromatic rings. The standard InChI is InChI=1S/C16H21NO/c18-16(9-13-5-2-1-3-6-13)12-17-10-14-7-4-8-15(14)11-17/h1-3,5-6,14-15H,4,7-12H2. The van der Waals surface area contributed by atoms with Gasteiger partial charge < -0.3 is 0 Å². The molecular formula is C16H21NO. The highest BCUT2D eigenvalue weighted by atomic mass is 16.1. The summed E-state index contributed by atoms with van der Waals surface area (Å²) in [5, 5.41) is 0. The Balaban J connectivity index is 1.50. The average molecular weight is 243 g/mol. The summed E-state index contributed by atoms with van der Waals surface area (Å²) in [7, 11) is 0. The lowest BCUT2D eigenvalue weighted by molar-refractivity contribution is -0.119. The molecular weight excluding hydrogens is 222 g/mol. The number of carbonyl (C=O) groups is 1. The zero-order valence-corrected chi connectivity index (χ0v) is 10.8. The van der Waals surface area contributed by atoms with E-state index in [1.807, 2.05) is 30.3 Å². The first kappa shape index (κ1) is 11.9. The van der Waals surface area contributed by atoms with E-state index >= 15 is 0 Å². The van der Waals surface area contributed by atoms with E-state index < -0.39 is 0 Å². The summed E-state index contributed by atoms with van der Waals surface area (Å²) < 4.78 is 0. The lowest BCUT2D eigenvalue weighted by atomic mass is 10.0. The maximum absolute atomic E-state index is 12.0. The number of ketones is 1. The molecule has 1 aliphatic carbocycles. The van der Waals surface area contributed by atoms with Crippen molar-refractivity contribution in [2.24, 2.45) is 11.8 Å². The van der Waals surface area contributed by atoms with Crippen LogP contribution < -0.4 is 0 Å². The Labute approximate surface area is 109 Å². The van der Waals surface area contributed by atoms with Crippen LogP contribution in [0.4, 0.5) is 0 Å². The molecule has 0 bridgehead atoms. The predicted octanol–water partition coefficient (Wildman–Crippen LogP) is 2.53. The third kappa shape index (κ3) is 2.64. The topological polar surface area (TPSA) is 20.3 Å². The minimum absolute atomic E-state index is 0.362. The van der Waals surface area contributed by atoms with Gasteiger partial charge >= 0.3 is 0 Å². The molecule has 2 nitrogen and oxygen atoms in total. The highest BCUT2D eigenvalue weighted by molar-refractivity contribution is 5.82. The number of Topliss-reactive ketones (excluding diaryl/α,β-unsaturated/α-hetero) is 1. The van der Waals surface area contributed by atoms with Crippen LogP contribution in [0.5, 0.6) is 0 Å². The fourth-order valence-corrected chi connectivity index (χ4v) is 3.59. The highest BCUT2D eigenvalue weighted by Gasteiger charge is 2.36. The first-order valence-electron chi connectivity index (χ1n) is 7.09. The average Bonchev–Trinajstić information content (AvgIpc) is 2.90. The smallest absolute Gasteiger partial charge is 0.151 e. The van der Waals surface area contributed by atoms with E-state index in [9.17, 15) is 4.79 Å². The number of rotatable bonds is 4. The van der Waals surface area contributed by atoms with E-state index in [1.165, 1.54) is 19.3 Å². The lowest BCUT2D eigenvalue weighted by Crippen LogP contribution is -2.29. The number of nitrogens with zero attached hydrogens (tertiary/aromatic N) is 1. The Morgan fingerprint density at radius 3 is 2.44 bits per heavy atom. The number of hydrogen-bond acceptors (Lipinski definition) is 2. The van der Waals surface area contributed by atoms with Gasteiger partial charge in [0, 0.05) is 19.5 Å². The zero-order chi connectivity index (χ0) is 12.4. The summed E-state index contributed by atoms with van der Waals surface area (Å²) >= 11 is 0. The molecule has 0 N–H and O–H groups in total. The molecule has 0 spiro atoms. The summed E-state index contributed by atoms with van der Waals surface area (Å²) in [5.41, 5.74) is 1.14. The normalized spacial score (nSPS) is 27.3. The molecule has 1 saturated carbocycles. The Kier molecular flexibility index (Phi) is 3.46. The van der Waals surface area contributed by atoms with Gasteiger partial charge in [-0.15, -0.1) is 0 Å². The van der Waals surface area contributed by atoms with Crippen molar-refractivity contribution in [2.75, 3.05) is 19.6 Å². The maximum atomic E-state index is 12.0.